The second-order valence-corrected chi connectivity index (χ2v) is 7.79. The number of fused-ring (bicyclic) bond motifs is 1. The van der Waals surface area contributed by atoms with E-state index in [1.54, 1.807) is 6.08 Å². The average molecular weight is 330 g/mol. The van der Waals surface area contributed by atoms with E-state index in [0.717, 1.165) is 26.1 Å². The van der Waals surface area contributed by atoms with Gasteiger partial charge in [0.2, 0.25) is 6.08 Å². The van der Waals surface area contributed by atoms with Gasteiger partial charge in [-0.05, 0) is 32.8 Å². The van der Waals surface area contributed by atoms with Gasteiger partial charge in [-0.15, -0.1) is 0 Å². The molecule has 0 N–H and O–H groups in total. The van der Waals surface area contributed by atoms with Gasteiger partial charge < -0.3 is 9.47 Å². The molecule has 5 nitrogen and oxygen atoms in total. The van der Waals surface area contributed by atoms with Crippen LogP contribution in [0.2, 0.25) is 0 Å². The molecule has 0 bridgehead atoms. The molecule has 0 spiro atoms. The van der Waals surface area contributed by atoms with E-state index in [1.165, 1.54) is 5.56 Å². The van der Waals surface area contributed by atoms with Gasteiger partial charge in [-0.2, -0.15) is 0 Å². The molecule has 3 unspecified atom stereocenters. The van der Waals surface area contributed by atoms with Crippen molar-refractivity contribution in [3.05, 3.63) is 35.9 Å². The summed E-state index contributed by atoms with van der Waals surface area (Å²) in [6.07, 6.45) is 2.42. The van der Waals surface area contributed by atoms with E-state index in [9.17, 15) is 4.79 Å². The van der Waals surface area contributed by atoms with Gasteiger partial charge in [0.1, 0.15) is 0 Å². The van der Waals surface area contributed by atoms with Gasteiger partial charge in [0.05, 0.1) is 24.8 Å². The van der Waals surface area contributed by atoms with Crippen LogP contribution in [0, 0.1) is 5.92 Å². The maximum Gasteiger partial charge on any atom is 0.235 e. The third-order valence-corrected chi connectivity index (χ3v) is 4.55. The molecule has 3 rings (SSSR count). The van der Waals surface area contributed by atoms with Crippen LogP contribution >= 0.6 is 0 Å². The lowest BCUT2D eigenvalue weighted by atomic mass is 9.98. The van der Waals surface area contributed by atoms with Crippen LogP contribution in [0.4, 0.5) is 0 Å². The monoisotopic (exact) mass is 330 g/mol. The largest absolute Gasteiger partial charge is 0.343 e. The lowest BCUT2D eigenvalue weighted by Gasteiger charge is -2.36. The Labute approximate surface area is 143 Å². The molecule has 0 radical (unpaired) electrons. The van der Waals surface area contributed by atoms with Crippen LogP contribution in [0.5, 0.6) is 0 Å². The topological polar surface area (TPSA) is 51.1 Å². The summed E-state index contributed by atoms with van der Waals surface area (Å²) in [5.41, 5.74) is 1.01. The van der Waals surface area contributed by atoms with Crippen molar-refractivity contribution in [3.8, 4) is 0 Å². The van der Waals surface area contributed by atoms with Crippen LogP contribution in [0.25, 0.3) is 0 Å². The van der Waals surface area contributed by atoms with Crippen molar-refractivity contribution >= 4 is 6.08 Å². The second kappa shape index (κ2) is 6.77. The van der Waals surface area contributed by atoms with Crippen LogP contribution in [-0.4, -0.2) is 48.1 Å². The Morgan fingerprint density at radius 3 is 2.79 bits per heavy atom. The Bertz CT molecular complexity index is 607. The highest BCUT2D eigenvalue weighted by molar-refractivity contribution is 5.32. The molecule has 130 valence electrons. The predicted octanol–water partition coefficient (Wildman–Crippen LogP) is 2.75. The molecule has 0 amide bonds. The minimum atomic E-state index is -0.601. The van der Waals surface area contributed by atoms with E-state index in [4.69, 9.17) is 9.47 Å². The summed E-state index contributed by atoms with van der Waals surface area (Å²) >= 11 is 0. The molecule has 0 aromatic heterocycles. The number of ether oxygens (including phenoxy) is 2. The van der Waals surface area contributed by atoms with E-state index >= 15 is 0 Å². The molecule has 2 heterocycles. The maximum atomic E-state index is 10.4. The molecule has 2 fully saturated rings. The number of carbonyl (C=O) groups excluding carboxylic acids is 1. The van der Waals surface area contributed by atoms with Crippen molar-refractivity contribution < 1.29 is 14.3 Å². The van der Waals surface area contributed by atoms with Gasteiger partial charge in [0, 0.05) is 19.0 Å². The van der Waals surface area contributed by atoms with Crippen molar-refractivity contribution in [2.75, 3.05) is 19.6 Å². The lowest BCUT2D eigenvalue weighted by molar-refractivity contribution is -0.272. The third-order valence-electron chi connectivity index (χ3n) is 4.55. The fourth-order valence-corrected chi connectivity index (χ4v) is 3.86. The van der Waals surface area contributed by atoms with Crippen LogP contribution in [0.3, 0.4) is 0 Å². The van der Waals surface area contributed by atoms with Crippen molar-refractivity contribution in [1.29, 1.82) is 0 Å². The molecule has 1 aromatic rings. The molecule has 1 aromatic carbocycles. The van der Waals surface area contributed by atoms with Gasteiger partial charge >= 0.3 is 0 Å². The minimum absolute atomic E-state index is 0.0577. The Hall–Kier alpha value is -1.52. The molecule has 2 saturated heterocycles. The highest BCUT2D eigenvalue weighted by atomic mass is 16.7. The SMILES string of the molecule is CC(C)(C)OC12CN(Cc3ccccc3)CC1CC(CN=C=O)O2. The molecule has 0 saturated carbocycles. The number of hydrogen-bond acceptors (Lipinski definition) is 5. The first-order valence-corrected chi connectivity index (χ1v) is 8.58. The zero-order valence-corrected chi connectivity index (χ0v) is 14.7. The third kappa shape index (κ3) is 3.93. The van der Waals surface area contributed by atoms with Crippen molar-refractivity contribution in [3.63, 3.8) is 0 Å². The van der Waals surface area contributed by atoms with Crippen molar-refractivity contribution in [2.45, 2.75) is 51.2 Å². The molecule has 2 aliphatic heterocycles. The lowest BCUT2D eigenvalue weighted by Crippen LogP contribution is -2.46. The molecule has 2 aliphatic rings. The van der Waals surface area contributed by atoms with Crippen LogP contribution in [-0.2, 0) is 20.8 Å². The van der Waals surface area contributed by atoms with Gasteiger partial charge in [-0.1, -0.05) is 30.3 Å². The summed E-state index contributed by atoms with van der Waals surface area (Å²) in [7, 11) is 0. The molecular weight excluding hydrogens is 304 g/mol. The Morgan fingerprint density at radius 2 is 2.12 bits per heavy atom. The normalized spacial score (nSPS) is 30.1. The second-order valence-electron chi connectivity index (χ2n) is 7.79. The molecule has 5 heteroatoms. The maximum absolute atomic E-state index is 10.4. The zero-order chi connectivity index (χ0) is 17.2. The fourth-order valence-electron chi connectivity index (χ4n) is 3.86. The van der Waals surface area contributed by atoms with E-state index < -0.39 is 5.79 Å². The van der Waals surface area contributed by atoms with Crippen LogP contribution < -0.4 is 0 Å². The van der Waals surface area contributed by atoms with Gasteiger partial charge in [-0.3, -0.25) is 4.90 Å². The van der Waals surface area contributed by atoms with E-state index in [-0.39, 0.29) is 11.7 Å². The van der Waals surface area contributed by atoms with Crippen LogP contribution in [0.15, 0.2) is 35.3 Å². The van der Waals surface area contributed by atoms with Gasteiger partial charge in [0.15, 0.2) is 5.79 Å². The summed E-state index contributed by atoms with van der Waals surface area (Å²) in [5.74, 6) is -0.303. The fraction of sp³-hybridized carbons (Fsp3) is 0.632. The van der Waals surface area contributed by atoms with E-state index in [1.807, 2.05) is 6.07 Å². The number of rotatable bonds is 5. The quantitative estimate of drug-likeness (QED) is 0.615. The Balaban J connectivity index is 1.73. The number of likely N-dealkylation sites (tertiary alicyclic amines) is 1. The minimum Gasteiger partial charge on any atom is -0.343 e. The van der Waals surface area contributed by atoms with E-state index in [2.05, 4.69) is 54.9 Å². The summed E-state index contributed by atoms with van der Waals surface area (Å²) in [4.78, 5) is 16.5. The highest BCUT2D eigenvalue weighted by Gasteiger charge is 2.56. The Kier molecular flexibility index (Phi) is 4.88. The first-order chi connectivity index (χ1) is 11.4. The zero-order valence-electron chi connectivity index (χ0n) is 14.7. The standard InChI is InChI=1S/C19H26N2O3/c1-18(2,3)24-19-13-21(11-15-7-5-4-6-8-15)12-16(19)9-17(23-19)10-20-14-22/h4-8,16-17H,9-13H2,1-3H3. The first kappa shape index (κ1) is 17.3. The average Bonchev–Trinajstić information content (AvgIpc) is 2.96. The van der Waals surface area contributed by atoms with Crippen molar-refractivity contribution in [2.24, 2.45) is 10.9 Å². The summed E-state index contributed by atoms with van der Waals surface area (Å²) in [6, 6.07) is 10.5. The summed E-state index contributed by atoms with van der Waals surface area (Å²) in [6.45, 7) is 9.11. The van der Waals surface area contributed by atoms with E-state index in [0.29, 0.717) is 12.5 Å². The van der Waals surface area contributed by atoms with Gasteiger partial charge in [-0.25, -0.2) is 9.79 Å². The Morgan fingerprint density at radius 1 is 1.38 bits per heavy atom. The predicted molar refractivity (Wildman–Crippen MR) is 91.3 cm³/mol. The number of benzene rings is 1. The smallest absolute Gasteiger partial charge is 0.235 e. The summed E-state index contributed by atoms with van der Waals surface area (Å²) < 4.78 is 12.7. The highest BCUT2D eigenvalue weighted by Crippen LogP contribution is 2.45. The molecule has 24 heavy (non-hydrogen) atoms. The number of hydrogen-bond donors (Lipinski definition) is 0. The number of isocyanates is 1. The number of nitrogens with zero attached hydrogens (tertiary/aromatic N) is 2. The van der Waals surface area contributed by atoms with Crippen LogP contribution in [0.1, 0.15) is 32.8 Å². The molecule has 3 atom stereocenters. The number of aliphatic imine (C=N–C) groups is 1. The molecule has 0 aliphatic carbocycles. The molecular formula is C19H26N2O3. The van der Waals surface area contributed by atoms with Crippen molar-refractivity contribution in [1.82, 2.24) is 4.90 Å². The first-order valence-electron chi connectivity index (χ1n) is 8.58. The summed E-state index contributed by atoms with van der Waals surface area (Å²) in [5, 5.41) is 0. The van der Waals surface area contributed by atoms with Gasteiger partial charge in [0.25, 0.3) is 0 Å².